The number of rotatable bonds is 4. The Morgan fingerprint density at radius 1 is 1.40 bits per heavy atom. The second kappa shape index (κ2) is 5.42. The van der Waals surface area contributed by atoms with Gasteiger partial charge in [0.05, 0.1) is 12.0 Å². The van der Waals surface area contributed by atoms with Crippen molar-refractivity contribution in [3.05, 3.63) is 35.1 Å². The van der Waals surface area contributed by atoms with Gasteiger partial charge in [-0.1, -0.05) is 12.1 Å². The minimum absolute atomic E-state index is 0.0975. The largest absolute Gasteiger partial charge is 0.389 e. The minimum atomic E-state index is -1.18. The summed E-state index contributed by atoms with van der Waals surface area (Å²) in [7, 11) is 0. The first-order chi connectivity index (χ1) is 7.10. The van der Waals surface area contributed by atoms with E-state index in [1.165, 1.54) is 12.1 Å². The first kappa shape index (κ1) is 12.4. The van der Waals surface area contributed by atoms with Gasteiger partial charge in [-0.05, 0) is 11.6 Å². The molecule has 0 saturated heterocycles. The Kier molecular flexibility index (Phi) is 4.47. The van der Waals surface area contributed by atoms with E-state index in [0.29, 0.717) is 5.56 Å². The highest BCUT2D eigenvalue weighted by Gasteiger charge is 2.18. The van der Waals surface area contributed by atoms with E-state index >= 15 is 0 Å². The van der Waals surface area contributed by atoms with Gasteiger partial charge >= 0.3 is 0 Å². The SMILES string of the molecule is NCc1ccc(C(O)C(O)CCl)cc1F. The quantitative estimate of drug-likeness (QED) is 0.678. The van der Waals surface area contributed by atoms with Gasteiger partial charge in [0.25, 0.3) is 0 Å². The molecular formula is C10H13ClFNO2. The van der Waals surface area contributed by atoms with Crippen LogP contribution in [-0.4, -0.2) is 22.2 Å². The van der Waals surface area contributed by atoms with Crippen LogP contribution in [0.5, 0.6) is 0 Å². The Morgan fingerprint density at radius 2 is 2.07 bits per heavy atom. The van der Waals surface area contributed by atoms with Gasteiger partial charge < -0.3 is 15.9 Å². The van der Waals surface area contributed by atoms with Crippen LogP contribution in [0, 0.1) is 5.82 Å². The third-order valence-electron chi connectivity index (χ3n) is 2.16. The summed E-state index contributed by atoms with van der Waals surface area (Å²) in [6.45, 7) is 0.0975. The van der Waals surface area contributed by atoms with Crippen LogP contribution in [0.4, 0.5) is 4.39 Å². The molecule has 0 aliphatic heterocycles. The molecule has 84 valence electrons. The van der Waals surface area contributed by atoms with Crippen molar-refractivity contribution in [2.75, 3.05) is 5.88 Å². The summed E-state index contributed by atoms with van der Waals surface area (Å²) in [5.74, 6) is -0.600. The van der Waals surface area contributed by atoms with Crippen molar-refractivity contribution < 1.29 is 14.6 Å². The molecule has 0 aliphatic rings. The monoisotopic (exact) mass is 233 g/mol. The number of benzene rings is 1. The lowest BCUT2D eigenvalue weighted by Crippen LogP contribution is -2.20. The molecular weight excluding hydrogens is 221 g/mol. The maximum Gasteiger partial charge on any atom is 0.128 e. The molecule has 3 nitrogen and oxygen atoms in total. The second-order valence-electron chi connectivity index (χ2n) is 3.22. The first-order valence-corrected chi connectivity index (χ1v) is 5.04. The van der Waals surface area contributed by atoms with E-state index in [4.69, 9.17) is 17.3 Å². The van der Waals surface area contributed by atoms with Crippen molar-refractivity contribution in [1.29, 1.82) is 0 Å². The topological polar surface area (TPSA) is 66.5 Å². The lowest BCUT2D eigenvalue weighted by molar-refractivity contribution is 0.0325. The molecule has 0 aliphatic carbocycles. The van der Waals surface area contributed by atoms with Crippen LogP contribution in [0.1, 0.15) is 17.2 Å². The number of alkyl halides is 1. The van der Waals surface area contributed by atoms with Crippen LogP contribution in [-0.2, 0) is 6.54 Å². The van der Waals surface area contributed by atoms with Crippen molar-refractivity contribution in [2.24, 2.45) is 5.73 Å². The number of aliphatic hydroxyl groups is 2. The van der Waals surface area contributed by atoms with Gasteiger partial charge in [-0.15, -0.1) is 11.6 Å². The van der Waals surface area contributed by atoms with E-state index in [9.17, 15) is 14.6 Å². The van der Waals surface area contributed by atoms with Gasteiger partial charge in [-0.3, -0.25) is 0 Å². The van der Waals surface area contributed by atoms with Crippen molar-refractivity contribution in [3.63, 3.8) is 0 Å². The number of aliphatic hydroxyl groups excluding tert-OH is 2. The standard InChI is InChI=1S/C10H13ClFNO2/c11-4-9(14)10(15)6-1-2-7(5-13)8(12)3-6/h1-3,9-10,14-15H,4-5,13H2. The molecule has 0 spiro atoms. The lowest BCUT2D eigenvalue weighted by atomic mass is 10.0. The normalized spacial score (nSPS) is 15.0. The van der Waals surface area contributed by atoms with Gasteiger partial charge in [0.1, 0.15) is 11.9 Å². The van der Waals surface area contributed by atoms with Gasteiger partial charge in [-0.25, -0.2) is 4.39 Å². The van der Waals surface area contributed by atoms with Crippen molar-refractivity contribution in [2.45, 2.75) is 18.8 Å². The summed E-state index contributed by atoms with van der Waals surface area (Å²) in [5, 5.41) is 18.8. The predicted octanol–water partition coefficient (Wildman–Crippen LogP) is 0.918. The third kappa shape index (κ3) is 2.89. The molecule has 1 aromatic carbocycles. The van der Waals surface area contributed by atoms with Crippen molar-refractivity contribution in [1.82, 2.24) is 0 Å². The third-order valence-corrected chi connectivity index (χ3v) is 2.48. The Hall–Kier alpha value is -0.680. The zero-order valence-corrected chi connectivity index (χ0v) is 8.78. The molecule has 0 bridgehead atoms. The smallest absolute Gasteiger partial charge is 0.128 e. The second-order valence-corrected chi connectivity index (χ2v) is 3.53. The molecule has 1 rings (SSSR count). The molecule has 0 saturated carbocycles. The maximum absolute atomic E-state index is 13.3. The zero-order chi connectivity index (χ0) is 11.4. The highest BCUT2D eigenvalue weighted by atomic mass is 35.5. The summed E-state index contributed by atoms with van der Waals surface area (Å²) >= 11 is 5.37. The average molecular weight is 234 g/mol. The molecule has 4 N–H and O–H groups in total. The number of nitrogens with two attached hydrogens (primary N) is 1. The van der Waals surface area contributed by atoms with Crippen LogP contribution < -0.4 is 5.73 Å². The molecule has 0 amide bonds. The average Bonchev–Trinajstić information content (AvgIpc) is 2.26. The minimum Gasteiger partial charge on any atom is -0.389 e. The van der Waals surface area contributed by atoms with Crippen molar-refractivity contribution >= 4 is 11.6 Å². The molecule has 15 heavy (non-hydrogen) atoms. The molecule has 2 atom stereocenters. The first-order valence-electron chi connectivity index (χ1n) is 4.50. The number of hydrogen-bond acceptors (Lipinski definition) is 3. The summed E-state index contributed by atoms with van der Waals surface area (Å²) in [6.07, 6.45) is -2.28. The highest BCUT2D eigenvalue weighted by Crippen LogP contribution is 2.20. The van der Waals surface area contributed by atoms with E-state index in [0.717, 1.165) is 6.07 Å². The lowest BCUT2D eigenvalue weighted by Gasteiger charge is -2.16. The van der Waals surface area contributed by atoms with Crippen molar-refractivity contribution in [3.8, 4) is 0 Å². The molecule has 5 heteroatoms. The van der Waals surface area contributed by atoms with Crippen LogP contribution in [0.2, 0.25) is 0 Å². The summed E-state index contributed by atoms with van der Waals surface area (Å²) in [5.41, 5.74) is 5.95. The summed E-state index contributed by atoms with van der Waals surface area (Å²) in [6, 6.07) is 4.16. The fraction of sp³-hybridized carbons (Fsp3) is 0.400. The fourth-order valence-electron chi connectivity index (χ4n) is 1.22. The Bertz CT molecular complexity index is 335. The number of hydrogen-bond donors (Lipinski definition) is 3. The molecule has 1 aromatic rings. The summed E-state index contributed by atoms with van der Waals surface area (Å²) in [4.78, 5) is 0. The van der Waals surface area contributed by atoms with E-state index in [-0.39, 0.29) is 18.0 Å². The van der Waals surface area contributed by atoms with E-state index < -0.39 is 18.0 Å². The molecule has 0 heterocycles. The van der Waals surface area contributed by atoms with E-state index in [1.807, 2.05) is 0 Å². The highest BCUT2D eigenvalue weighted by molar-refractivity contribution is 6.18. The number of halogens is 2. The maximum atomic E-state index is 13.3. The molecule has 0 radical (unpaired) electrons. The fourth-order valence-corrected chi connectivity index (χ4v) is 1.39. The molecule has 0 fully saturated rings. The predicted molar refractivity (Wildman–Crippen MR) is 56.0 cm³/mol. The Morgan fingerprint density at radius 3 is 2.53 bits per heavy atom. The molecule has 2 unspecified atom stereocenters. The van der Waals surface area contributed by atoms with Crippen LogP contribution in [0.3, 0.4) is 0 Å². The van der Waals surface area contributed by atoms with E-state index in [1.54, 1.807) is 0 Å². The van der Waals surface area contributed by atoms with Gasteiger partial charge in [0.2, 0.25) is 0 Å². The van der Waals surface area contributed by atoms with Gasteiger partial charge in [0.15, 0.2) is 0 Å². The Labute approximate surface area is 92.3 Å². The Balaban J connectivity index is 2.92. The van der Waals surface area contributed by atoms with Crippen LogP contribution in [0.25, 0.3) is 0 Å². The van der Waals surface area contributed by atoms with Gasteiger partial charge in [-0.2, -0.15) is 0 Å². The zero-order valence-electron chi connectivity index (χ0n) is 8.03. The van der Waals surface area contributed by atoms with Gasteiger partial charge in [0, 0.05) is 12.1 Å². The van der Waals surface area contributed by atoms with Crippen LogP contribution >= 0.6 is 11.6 Å². The summed E-state index contributed by atoms with van der Waals surface area (Å²) < 4.78 is 13.3. The van der Waals surface area contributed by atoms with Crippen LogP contribution in [0.15, 0.2) is 18.2 Å². The van der Waals surface area contributed by atoms with E-state index in [2.05, 4.69) is 0 Å². The molecule has 0 aromatic heterocycles.